The molecule has 1 unspecified atom stereocenters. The molecule has 0 radical (unpaired) electrons. The Labute approximate surface area is 148 Å². The Hall–Kier alpha value is -2.39. The van der Waals surface area contributed by atoms with Crippen molar-refractivity contribution in [1.82, 2.24) is 9.88 Å². The lowest BCUT2D eigenvalue weighted by Crippen LogP contribution is -2.39. The minimum absolute atomic E-state index is 0.184. The fourth-order valence-electron chi connectivity index (χ4n) is 4.15. The maximum Gasteiger partial charge on any atom is 0.211 e. The second kappa shape index (κ2) is 5.57. The third kappa shape index (κ3) is 2.50. The summed E-state index contributed by atoms with van der Waals surface area (Å²) in [6, 6.07) is 19.3. The lowest BCUT2D eigenvalue weighted by Gasteiger charge is -2.37. The predicted octanol–water partition coefficient (Wildman–Crippen LogP) is 4.95. The predicted molar refractivity (Wildman–Crippen MR) is 98.1 cm³/mol. The summed E-state index contributed by atoms with van der Waals surface area (Å²) >= 11 is 0. The molecule has 1 aromatic heterocycles. The van der Waals surface area contributed by atoms with Gasteiger partial charge in [-0.2, -0.15) is 0 Å². The molecule has 3 nitrogen and oxygen atoms in total. The monoisotopic (exact) mass is 330 g/mol. The van der Waals surface area contributed by atoms with E-state index in [1.165, 1.54) is 18.4 Å². The van der Waals surface area contributed by atoms with Gasteiger partial charge in [0.25, 0.3) is 0 Å². The zero-order chi connectivity index (χ0) is 16.9. The first kappa shape index (κ1) is 14.9. The molecule has 1 aliphatic heterocycles. The van der Waals surface area contributed by atoms with E-state index in [0.29, 0.717) is 5.41 Å². The number of rotatable bonds is 3. The number of benzene rings is 2. The Morgan fingerprint density at radius 1 is 1.04 bits per heavy atom. The van der Waals surface area contributed by atoms with Gasteiger partial charge in [0.05, 0.1) is 12.2 Å². The van der Waals surface area contributed by atoms with Crippen molar-refractivity contribution in [2.75, 3.05) is 6.54 Å². The van der Waals surface area contributed by atoms with Gasteiger partial charge in [-0.3, -0.25) is 4.90 Å². The van der Waals surface area contributed by atoms with Gasteiger partial charge in [0, 0.05) is 24.1 Å². The summed E-state index contributed by atoms with van der Waals surface area (Å²) in [6.45, 7) is 4.29. The van der Waals surface area contributed by atoms with Crippen LogP contribution < -0.4 is 0 Å². The second-order valence-electron chi connectivity index (χ2n) is 7.45. The molecule has 2 aliphatic rings. The fraction of sp³-hybridized carbons (Fsp3) is 0.318. The van der Waals surface area contributed by atoms with Gasteiger partial charge in [0.1, 0.15) is 0 Å². The van der Waals surface area contributed by atoms with E-state index in [4.69, 9.17) is 4.42 Å². The first-order chi connectivity index (χ1) is 12.3. The van der Waals surface area contributed by atoms with E-state index in [2.05, 4.69) is 53.2 Å². The van der Waals surface area contributed by atoms with Gasteiger partial charge in [-0.05, 0) is 30.9 Å². The smallest absolute Gasteiger partial charge is 0.211 e. The van der Waals surface area contributed by atoms with Gasteiger partial charge in [0.2, 0.25) is 5.89 Å². The van der Waals surface area contributed by atoms with Gasteiger partial charge >= 0.3 is 0 Å². The molecule has 1 spiro atoms. The van der Waals surface area contributed by atoms with Crippen LogP contribution in [0.15, 0.2) is 65.2 Å². The van der Waals surface area contributed by atoms with Crippen LogP contribution >= 0.6 is 0 Å². The van der Waals surface area contributed by atoms with Crippen LogP contribution in [0.2, 0.25) is 0 Å². The van der Waals surface area contributed by atoms with Crippen molar-refractivity contribution in [3.05, 3.63) is 77.8 Å². The average molecular weight is 330 g/mol. The van der Waals surface area contributed by atoms with Crippen LogP contribution in [0.1, 0.15) is 42.8 Å². The molecule has 0 saturated heterocycles. The maximum atomic E-state index is 6.11. The quantitative estimate of drug-likeness (QED) is 0.680. The third-order valence-corrected chi connectivity index (χ3v) is 5.81. The highest BCUT2D eigenvalue weighted by molar-refractivity contribution is 5.55. The third-order valence-electron chi connectivity index (χ3n) is 5.81. The first-order valence-corrected chi connectivity index (χ1v) is 9.09. The normalized spacial score (nSPS) is 19.6. The maximum absolute atomic E-state index is 6.11. The van der Waals surface area contributed by atoms with Crippen LogP contribution in [0.3, 0.4) is 0 Å². The Bertz CT molecular complexity index is 895. The van der Waals surface area contributed by atoms with Crippen LogP contribution in [0, 0.1) is 0 Å². The largest absolute Gasteiger partial charge is 0.439 e. The minimum Gasteiger partial charge on any atom is -0.439 e. The number of hydrogen-bond donors (Lipinski definition) is 0. The molecule has 1 saturated carbocycles. The van der Waals surface area contributed by atoms with Gasteiger partial charge in [-0.1, -0.05) is 54.6 Å². The van der Waals surface area contributed by atoms with Crippen molar-refractivity contribution < 1.29 is 4.42 Å². The molecule has 1 atom stereocenters. The molecular formula is C22H22N2O. The van der Waals surface area contributed by atoms with Gasteiger partial charge in [-0.15, -0.1) is 0 Å². The fourth-order valence-corrected chi connectivity index (χ4v) is 4.15. The molecule has 2 heterocycles. The van der Waals surface area contributed by atoms with Crippen LogP contribution in [0.5, 0.6) is 0 Å². The van der Waals surface area contributed by atoms with E-state index < -0.39 is 0 Å². The molecule has 3 heteroatoms. The van der Waals surface area contributed by atoms with Crippen molar-refractivity contribution in [3.63, 3.8) is 0 Å². The number of aromatic nitrogens is 1. The summed E-state index contributed by atoms with van der Waals surface area (Å²) < 4.78 is 6.11. The molecule has 3 aromatic rings. The molecule has 2 aromatic carbocycles. The van der Waals surface area contributed by atoms with E-state index >= 15 is 0 Å². The second-order valence-corrected chi connectivity index (χ2v) is 7.45. The highest BCUT2D eigenvalue weighted by atomic mass is 16.4. The Morgan fingerprint density at radius 3 is 2.60 bits per heavy atom. The Balaban J connectivity index is 1.42. The van der Waals surface area contributed by atoms with Crippen LogP contribution in [0.25, 0.3) is 11.3 Å². The van der Waals surface area contributed by atoms with E-state index in [9.17, 15) is 0 Å². The van der Waals surface area contributed by atoms with Crippen molar-refractivity contribution in [2.24, 2.45) is 0 Å². The van der Waals surface area contributed by atoms with Crippen molar-refractivity contribution in [3.8, 4) is 11.3 Å². The molecule has 1 fully saturated rings. The lowest BCUT2D eigenvalue weighted by atomic mass is 9.86. The van der Waals surface area contributed by atoms with Crippen LogP contribution in [-0.4, -0.2) is 16.4 Å². The zero-order valence-electron chi connectivity index (χ0n) is 14.5. The summed E-state index contributed by atoms with van der Waals surface area (Å²) in [5.74, 6) is 1.66. The lowest BCUT2D eigenvalue weighted by molar-refractivity contribution is 0.145. The molecule has 1 aliphatic carbocycles. The average Bonchev–Trinajstić information content (AvgIpc) is 3.25. The first-order valence-electron chi connectivity index (χ1n) is 9.09. The van der Waals surface area contributed by atoms with E-state index in [-0.39, 0.29) is 6.04 Å². The van der Waals surface area contributed by atoms with E-state index in [1.807, 2.05) is 24.4 Å². The Morgan fingerprint density at radius 2 is 1.80 bits per heavy atom. The van der Waals surface area contributed by atoms with Crippen molar-refractivity contribution >= 4 is 0 Å². The summed E-state index contributed by atoms with van der Waals surface area (Å²) in [5.41, 5.74) is 4.48. The standard InChI is InChI=1S/C22H22N2O/c1-16(21-23-13-20(25-21)17-7-3-2-4-8-17)24-14-18-9-5-6-10-19(18)22(15-24)11-12-22/h2-10,13,16H,11-12,14-15H2,1H3. The number of oxazole rings is 1. The summed E-state index contributed by atoms with van der Waals surface area (Å²) in [4.78, 5) is 7.11. The molecule has 5 rings (SSSR count). The highest BCUT2D eigenvalue weighted by Crippen LogP contribution is 2.53. The molecule has 0 N–H and O–H groups in total. The molecule has 25 heavy (non-hydrogen) atoms. The molecule has 126 valence electrons. The number of nitrogens with zero attached hydrogens (tertiary/aromatic N) is 2. The summed E-state index contributed by atoms with van der Waals surface area (Å²) in [6.07, 6.45) is 4.45. The number of fused-ring (bicyclic) bond motifs is 2. The molecule has 0 amide bonds. The van der Waals surface area contributed by atoms with Crippen LogP contribution in [-0.2, 0) is 12.0 Å². The van der Waals surface area contributed by atoms with Crippen molar-refractivity contribution in [1.29, 1.82) is 0 Å². The van der Waals surface area contributed by atoms with E-state index in [1.54, 1.807) is 5.56 Å². The topological polar surface area (TPSA) is 29.3 Å². The summed E-state index contributed by atoms with van der Waals surface area (Å²) in [7, 11) is 0. The Kier molecular flexibility index (Phi) is 3.32. The highest BCUT2D eigenvalue weighted by Gasteiger charge is 2.49. The van der Waals surface area contributed by atoms with Crippen molar-refractivity contribution in [2.45, 2.75) is 37.8 Å². The zero-order valence-corrected chi connectivity index (χ0v) is 14.5. The van der Waals surface area contributed by atoms with E-state index in [0.717, 1.165) is 30.3 Å². The molecular weight excluding hydrogens is 308 g/mol. The minimum atomic E-state index is 0.184. The summed E-state index contributed by atoms with van der Waals surface area (Å²) in [5, 5.41) is 0. The van der Waals surface area contributed by atoms with Gasteiger partial charge < -0.3 is 4.42 Å². The van der Waals surface area contributed by atoms with Gasteiger partial charge in [-0.25, -0.2) is 4.98 Å². The SMILES string of the molecule is CC(c1ncc(-c2ccccc2)o1)N1Cc2ccccc2C2(CC2)C1. The molecule has 0 bridgehead atoms. The van der Waals surface area contributed by atoms with Gasteiger partial charge in [0.15, 0.2) is 5.76 Å². The van der Waals surface area contributed by atoms with Crippen LogP contribution in [0.4, 0.5) is 0 Å². The number of hydrogen-bond acceptors (Lipinski definition) is 3.